The molecule has 0 bridgehead atoms. The number of carbonyl (C=O) groups excluding carboxylic acids is 1. The molecule has 1 aromatic rings. The molecule has 1 amide bonds. The minimum atomic E-state index is 0. The topological polar surface area (TPSA) is 35.6 Å². The second kappa shape index (κ2) is 7.95. The summed E-state index contributed by atoms with van der Waals surface area (Å²) in [5.74, 6) is 0.566. The first kappa shape index (κ1) is 17.3. The van der Waals surface area contributed by atoms with Crippen LogP contribution in [0, 0.1) is 5.92 Å². The number of hydrogen-bond donors (Lipinski definition) is 1. The van der Waals surface area contributed by atoms with E-state index in [-0.39, 0.29) is 18.3 Å². The zero-order valence-corrected chi connectivity index (χ0v) is 14.0. The average molecular weight is 324 g/mol. The maximum atomic E-state index is 12.5. The van der Waals surface area contributed by atoms with E-state index < -0.39 is 0 Å². The van der Waals surface area contributed by atoms with Crippen molar-refractivity contribution >= 4 is 18.3 Å². The summed E-state index contributed by atoms with van der Waals surface area (Å²) in [4.78, 5) is 17.1. The van der Waals surface area contributed by atoms with Crippen LogP contribution in [-0.2, 0) is 11.3 Å². The van der Waals surface area contributed by atoms with Gasteiger partial charge in [-0.1, -0.05) is 30.3 Å². The Morgan fingerprint density at radius 2 is 1.95 bits per heavy atom. The van der Waals surface area contributed by atoms with Crippen LogP contribution in [0.15, 0.2) is 30.3 Å². The average Bonchev–Trinajstić information content (AvgIpc) is 2.59. The maximum Gasteiger partial charge on any atom is 0.228 e. The number of amides is 1. The van der Waals surface area contributed by atoms with Crippen molar-refractivity contribution < 1.29 is 4.79 Å². The summed E-state index contributed by atoms with van der Waals surface area (Å²) in [6, 6.07) is 10.9. The van der Waals surface area contributed by atoms with Gasteiger partial charge in [-0.25, -0.2) is 0 Å². The van der Waals surface area contributed by atoms with Crippen LogP contribution < -0.4 is 5.32 Å². The molecule has 1 unspecified atom stereocenters. The lowest BCUT2D eigenvalue weighted by Gasteiger charge is -2.35. The Kier molecular flexibility index (Phi) is 6.24. The molecular weight excluding hydrogens is 298 g/mol. The Bertz CT molecular complexity index is 478. The third-order valence-electron chi connectivity index (χ3n) is 4.59. The van der Waals surface area contributed by atoms with Crippen molar-refractivity contribution in [1.29, 1.82) is 0 Å². The predicted octanol–water partition coefficient (Wildman–Crippen LogP) is 1.75. The van der Waals surface area contributed by atoms with Crippen LogP contribution in [0.2, 0.25) is 0 Å². The highest BCUT2D eigenvalue weighted by Gasteiger charge is 2.33. The van der Waals surface area contributed by atoms with Crippen molar-refractivity contribution in [3.05, 3.63) is 35.9 Å². The molecule has 2 aliphatic heterocycles. The van der Waals surface area contributed by atoms with Gasteiger partial charge < -0.3 is 10.2 Å². The molecule has 2 fully saturated rings. The van der Waals surface area contributed by atoms with Crippen LogP contribution in [0.3, 0.4) is 0 Å². The fourth-order valence-corrected chi connectivity index (χ4v) is 3.26. The zero-order chi connectivity index (χ0) is 14.7. The highest BCUT2D eigenvalue weighted by atomic mass is 35.5. The Balaban J connectivity index is 0.00000176. The van der Waals surface area contributed by atoms with Gasteiger partial charge in [0.2, 0.25) is 5.91 Å². The van der Waals surface area contributed by atoms with E-state index in [4.69, 9.17) is 0 Å². The monoisotopic (exact) mass is 323 g/mol. The van der Waals surface area contributed by atoms with Gasteiger partial charge in [-0.05, 0) is 18.9 Å². The second-order valence-electron chi connectivity index (χ2n) is 6.31. The number of rotatable bonds is 3. The van der Waals surface area contributed by atoms with Crippen LogP contribution >= 0.6 is 12.4 Å². The SMILES string of the molecule is CC1CN(Cc2ccccc2)CCCN1C(=O)C1CNC1.Cl. The number of benzene rings is 1. The van der Waals surface area contributed by atoms with Gasteiger partial charge in [-0.3, -0.25) is 9.69 Å². The number of hydrogen-bond acceptors (Lipinski definition) is 3. The molecule has 2 saturated heterocycles. The summed E-state index contributed by atoms with van der Waals surface area (Å²) in [5.41, 5.74) is 1.35. The highest BCUT2D eigenvalue weighted by Crippen LogP contribution is 2.17. The number of nitrogens with zero attached hydrogens (tertiary/aromatic N) is 2. The molecule has 1 N–H and O–H groups in total. The molecule has 0 radical (unpaired) electrons. The lowest BCUT2D eigenvalue weighted by molar-refractivity contribution is -0.139. The molecule has 5 heteroatoms. The van der Waals surface area contributed by atoms with Crippen molar-refractivity contribution in [3.8, 4) is 0 Å². The summed E-state index contributed by atoms with van der Waals surface area (Å²) in [6.45, 7) is 7.84. The molecule has 122 valence electrons. The Labute approximate surface area is 139 Å². The van der Waals surface area contributed by atoms with Gasteiger partial charge >= 0.3 is 0 Å². The minimum absolute atomic E-state index is 0. The molecule has 0 aromatic heterocycles. The summed E-state index contributed by atoms with van der Waals surface area (Å²) in [5, 5.41) is 3.20. The van der Waals surface area contributed by atoms with Crippen molar-refractivity contribution in [1.82, 2.24) is 15.1 Å². The quantitative estimate of drug-likeness (QED) is 0.920. The van der Waals surface area contributed by atoms with Gasteiger partial charge in [0.25, 0.3) is 0 Å². The van der Waals surface area contributed by atoms with Crippen molar-refractivity contribution in [2.75, 3.05) is 32.7 Å². The molecule has 0 spiro atoms. The third-order valence-corrected chi connectivity index (χ3v) is 4.59. The summed E-state index contributed by atoms with van der Waals surface area (Å²) < 4.78 is 0. The number of nitrogens with one attached hydrogen (secondary N) is 1. The molecule has 1 atom stereocenters. The van der Waals surface area contributed by atoms with Crippen LogP contribution in [0.25, 0.3) is 0 Å². The first-order chi connectivity index (χ1) is 10.2. The molecule has 0 saturated carbocycles. The van der Waals surface area contributed by atoms with E-state index in [0.717, 1.165) is 45.7 Å². The van der Waals surface area contributed by atoms with Gasteiger partial charge in [0.15, 0.2) is 0 Å². The molecule has 2 heterocycles. The van der Waals surface area contributed by atoms with Gasteiger partial charge in [0, 0.05) is 45.3 Å². The van der Waals surface area contributed by atoms with E-state index in [9.17, 15) is 4.79 Å². The normalized spacial score (nSPS) is 23.3. The number of halogens is 1. The van der Waals surface area contributed by atoms with E-state index in [1.807, 2.05) is 0 Å². The van der Waals surface area contributed by atoms with Crippen molar-refractivity contribution in [3.63, 3.8) is 0 Å². The van der Waals surface area contributed by atoms with Crippen molar-refractivity contribution in [2.24, 2.45) is 5.92 Å². The zero-order valence-electron chi connectivity index (χ0n) is 13.2. The Hall–Kier alpha value is -1.10. The number of carbonyl (C=O) groups is 1. The highest BCUT2D eigenvalue weighted by molar-refractivity contribution is 5.85. The fourth-order valence-electron chi connectivity index (χ4n) is 3.26. The third kappa shape index (κ3) is 4.00. The van der Waals surface area contributed by atoms with Crippen molar-refractivity contribution in [2.45, 2.75) is 25.9 Å². The Morgan fingerprint density at radius 1 is 1.23 bits per heavy atom. The first-order valence-electron chi connectivity index (χ1n) is 8.01. The van der Waals surface area contributed by atoms with Crippen LogP contribution in [0.1, 0.15) is 18.9 Å². The van der Waals surface area contributed by atoms with Crippen LogP contribution in [0.4, 0.5) is 0 Å². The lowest BCUT2D eigenvalue weighted by Crippen LogP contribution is -2.54. The van der Waals surface area contributed by atoms with E-state index in [1.165, 1.54) is 5.56 Å². The molecule has 0 aliphatic carbocycles. The van der Waals surface area contributed by atoms with Gasteiger partial charge in [0.05, 0.1) is 5.92 Å². The minimum Gasteiger partial charge on any atom is -0.338 e. The van der Waals surface area contributed by atoms with Crippen LogP contribution in [-0.4, -0.2) is 54.5 Å². The molecule has 4 nitrogen and oxygen atoms in total. The van der Waals surface area contributed by atoms with E-state index in [0.29, 0.717) is 11.9 Å². The van der Waals surface area contributed by atoms with E-state index >= 15 is 0 Å². The summed E-state index contributed by atoms with van der Waals surface area (Å²) >= 11 is 0. The summed E-state index contributed by atoms with van der Waals surface area (Å²) in [7, 11) is 0. The van der Waals surface area contributed by atoms with E-state index in [1.54, 1.807) is 0 Å². The fraction of sp³-hybridized carbons (Fsp3) is 0.588. The van der Waals surface area contributed by atoms with Gasteiger partial charge in [-0.2, -0.15) is 0 Å². The standard InChI is InChI=1S/C17H25N3O.ClH/c1-14-12-19(13-15-6-3-2-4-7-15)8-5-9-20(14)17(21)16-10-18-11-16;/h2-4,6-7,14,16,18H,5,8-13H2,1H3;1H. The van der Waals surface area contributed by atoms with Gasteiger partial charge in [0.1, 0.15) is 0 Å². The molecule has 1 aromatic carbocycles. The predicted molar refractivity (Wildman–Crippen MR) is 91.1 cm³/mol. The maximum absolute atomic E-state index is 12.5. The summed E-state index contributed by atoms with van der Waals surface area (Å²) in [6.07, 6.45) is 1.07. The molecular formula is C17H26ClN3O. The first-order valence-corrected chi connectivity index (χ1v) is 8.01. The Morgan fingerprint density at radius 3 is 2.59 bits per heavy atom. The van der Waals surface area contributed by atoms with E-state index in [2.05, 4.69) is 52.4 Å². The lowest BCUT2D eigenvalue weighted by atomic mass is 10.0. The second-order valence-corrected chi connectivity index (χ2v) is 6.31. The molecule has 22 heavy (non-hydrogen) atoms. The molecule has 3 rings (SSSR count). The largest absolute Gasteiger partial charge is 0.338 e. The molecule has 2 aliphatic rings. The van der Waals surface area contributed by atoms with Crippen LogP contribution in [0.5, 0.6) is 0 Å². The van der Waals surface area contributed by atoms with Gasteiger partial charge in [-0.15, -0.1) is 12.4 Å². The smallest absolute Gasteiger partial charge is 0.228 e.